The Hall–Kier alpha value is -4.37. The Morgan fingerprint density at radius 3 is 2.26 bits per heavy atom. The lowest BCUT2D eigenvalue weighted by atomic mass is 9.68. The van der Waals surface area contributed by atoms with Crippen molar-refractivity contribution >= 4 is 22.4 Å². The molecule has 6 heteroatoms. The molecule has 0 spiro atoms. The lowest BCUT2D eigenvalue weighted by molar-refractivity contribution is -0.139. The summed E-state index contributed by atoms with van der Waals surface area (Å²) in [6.45, 7) is 3.51. The largest absolute Gasteiger partial charge is 0.496 e. The summed E-state index contributed by atoms with van der Waals surface area (Å²) >= 11 is 0. The standard InChI is InChI=1S/C32H30FN3O2/c1-32(22-34,31(37)36-20-18-35(19-21-36)28-16-7-6-15-27(28)33)30(26-13-5-8-17-29(26)38-2)25-14-9-11-23-10-3-4-12-24(23)25/h3-17,30H,18-21H2,1-2H3/t30-,32+/m0/s1. The molecule has 0 unspecified atom stereocenters. The summed E-state index contributed by atoms with van der Waals surface area (Å²) in [7, 11) is 1.60. The molecule has 0 saturated carbocycles. The summed E-state index contributed by atoms with van der Waals surface area (Å²) in [6.07, 6.45) is 0. The van der Waals surface area contributed by atoms with Crippen LogP contribution in [-0.4, -0.2) is 44.1 Å². The normalized spacial score (nSPS) is 15.9. The molecule has 5 nitrogen and oxygen atoms in total. The van der Waals surface area contributed by atoms with Gasteiger partial charge in [0.05, 0.1) is 18.9 Å². The third kappa shape index (κ3) is 4.45. The minimum absolute atomic E-state index is 0.239. The summed E-state index contributed by atoms with van der Waals surface area (Å²) in [4.78, 5) is 17.9. The average Bonchev–Trinajstić information content (AvgIpc) is 2.97. The van der Waals surface area contributed by atoms with Gasteiger partial charge in [-0.15, -0.1) is 0 Å². The van der Waals surface area contributed by atoms with E-state index < -0.39 is 11.3 Å². The van der Waals surface area contributed by atoms with Crippen LogP contribution in [0.15, 0.2) is 91.0 Å². The van der Waals surface area contributed by atoms with Crippen molar-refractivity contribution in [3.05, 3.63) is 108 Å². The Morgan fingerprint density at radius 1 is 0.895 bits per heavy atom. The Balaban J connectivity index is 1.55. The van der Waals surface area contributed by atoms with E-state index >= 15 is 0 Å². The van der Waals surface area contributed by atoms with Crippen molar-refractivity contribution in [2.24, 2.45) is 5.41 Å². The van der Waals surface area contributed by atoms with Crippen LogP contribution in [0.25, 0.3) is 10.8 Å². The minimum Gasteiger partial charge on any atom is -0.496 e. The van der Waals surface area contributed by atoms with E-state index in [1.807, 2.05) is 77.7 Å². The van der Waals surface area contributed by atoms with Crippen LogP contribution in [0, 0.1) is 22.6 Å². The lowest BCUT2D eigenvalue weighted by Crippen LogP contribution is -2.54. The molecule has 0 radical (unpaired) electrons. The first-order chi connectivity index (χ1) is 18.5. The molecule has 1 saturated heterocycles. The van der Waals surface area contributed by atoms with Crippen LogP contribution in [0.2, 0.25) is 0 Å². The van der Waals surface area contributed by atoms with Gasteiger partial charge in [-0.1, -0.05) is 72.8 Å². The van der Waals surface area contributed by atoms with Gasteiger partial charge in [0.2, 0.25) is 5.91 Å². The van der Waals surface area contributed by atoms with Gasteiger partial charge in [0.1, 0.15) is 17.0 Å². The minimum atomic E-state index is -1.42. The molecule has 2 atom stereocenters. The van der Waals surface area contributed by atoms with E-state index in [-0.39, 0.29) is 11.7 Å². The van der Waals surface area contributed by atoms with Gasteiger partial charge in [-0.25, -0.2) is 4.39 Å². The Labute approximate surface area is 222 Å². The average molecular weight is 508 g/mol. The van der Waals surface area contributed by atoms with Gasteiger partial charge in [-0.05, 0) is 41.5 Å². The van der Waals surface area contributed by atoms with Gasteiger partial charge in [0.15, 0.2) is 0 Å². The molecule has 0 aliphatic carbocycles. The molecule has 0 aromatic heterocycles. The Kier molecular flexibility index (Phi) is 7.02. The number of benzene rings is 4. The predicted octanol–water partition coefficient (Wildman–Crippen LogP) is 6.00. The van der Waals surface area contributed by atoms with Crippen molar-refractivity contribution in [2.45, 2.75) is 12.8 Å². The third-order valence-corrected chi connectivity index (χ3v) is 7.60. The van der Waals surface area contributed by atoms with Crippen LogP contribution in [0.3, 0.4) is 0 Å². The van der Waals surface area contributed by atoms with E-state index in [4.69, 9.17) is 4.74 Å². The first-order valence-electron chi connectivity index (χ1n) is 12.8. The highest BCUT2D eigenvalue weighted by Gasteiger charge is 2.47. The number of methoxy groups -OCH3 is 1. The van der Waals surface area contributed by atoms with Crippen molar-refractivity contribution in [1.82, 2.24) is 4.90 Å². The van der Waals surface area contributed by atoms with Gasteiger partial charge in [0, 0.05) is 37.7 Å². The zero-order chi connectivity index (χ0) is 26.7. The highest BCUT2D eigenvalue weighted by molar-refractivity contribution is 5.91. The number of para-hydroxylation sites is 2. The molecular weight excluding hydrogens is 477 g/mol. The maximum Gasteiger partial charge on any atom is 0.243 e. The highest BCUT2D eigenvalue weighted by Crippen LogP contribution is 2.47. The monoisotopic (exact) mass is 507 g/mol. The SMILES string of the molecule is COc1ccccc1[C@H](c1cccc2ccccc12)[C@@](C)(C#N)C(=O)N1CCN(c2ccccc2F)CC1. The van der Waals surface area contributed by atoms with Crippen LogP contribution >= 0.6 is 0 Å². The fourth-order valence-corrected chi connectivity index (χ4v) is 5.62. The second-order valence-electron chi connectivity index (χ2n) is 9.79. The van der Waals surface area contributed by atoms with Gasteiger partial charge in [0.25, 0.3) is 0 Å². The molecule has 5 rings (SSSR count). The number of carbonyl (C=O) groups excluding carboxylic acids is 1. The molecule has 192 valence electrons. The molecule has 4 aromatic rings. The number of ether oxygens (including phenoxy) is 1. The van der Waals surface area contributed by atoms with E-state index in [0.29, 0.717) is 37.6 Å². The molecule has 1 aliphatic rings. The van der Waals surface area contributed by atoms with Crippen molar-refractivity contribution < 1.29 is 13.9 Å². The number of anilines is 1. The van der Waals surface area contributed by atoms with Gasteiger partial charge >= 0.3 is 0 Å². The molecule has 4 aromatic carbocycles. The summed E-state index contributed by atoms with van der Waals surface area (Å²) in [5.74, 6) is -0.464. The molecular formula is C32H30FN3O2. The second kappa shape index (κ2) is 10.5. The highest BCUT2D eigenvalue weighted by atomic mass is 19.1. The topological polar surface area (TPSA) is 56.6 Å². The van der Waals surface area contributed by atoms with Crippen LogP contribution in [0.1, 0.15) is 24.0 Å². The number of carbonyl (C=O) groups is 1. The number of nitrogens with zero attached hydrogens (tertiary/aromatic N) is 3. The van der Waals surface area contributed by atoms with E-state index in [2.05, 4.69) is 6.07 Å². The fraction of sp³-hybridized carbons (Fsp3) is 0.250. The van der Waals surface area contributed by atoms with E-state index in [9.17, 15) is 14.4 Å². The smallest absolute Gasteiger partial charge is 0.243 e. The van der Waals surface area contributed by atoms with Gasteiger partial charge in [-0.2, -0.15) is 5.26 Å². The van der Waals surface area contributed by atoms with Crippen molar-refractivity contribution in [3.63, 3.8) is 0 Å². The van der Waals surface area contributed by atoms with Crippen molar-refractivity contribution in [2.75, 3.05) is 38.2 Å². The second-order valence-corrected chi connectivity index (χ2v) is 9.79. The quantitative estimate of drug-likeness (QED) is 0.321. The summed E-state index contributed by atoms with van der Waals surface area (Å²) < 4.78 is 20.1. The number of hydrogen-bond acceptors (Lipinski definition) is 4. The van der Waals surface area contributed by atoms with Crippen LogP contribution in [0.5, 0.6) is 5.75 Å². The van der Waals surface area contributed by atoms with E-state index in [1.54, 1.807) is 31.1 Å². The molecule has 0 bridgehead atoms. The Bertz CT molecular complexity index is 1500. The first-order valence-corrected chi connectivity index (χ1v) is 12.8. The zero-order valence-electron chi connectivity index (χ0n) is 21.6. The molecule has 1 amide bonds. The number of amides is 1. The van der Waals surface area contributed by atoms with Crippen LogP contribution < -0.4 is 9.64 Å². The fourth-order valence-electron chi connectivity index (χ4n) is 5.62. The number of hydrogen-bond donors (Lipinski definition) is 0. The van der Waals surface area contributed by atoms with E-state index in [1.165, 1.54) is 6.07 Å². The Morgan fingerprint density at radius 2 is 1.53 bits per heavy atom. The zero-order valence-corrected chi connectivity index (χ0v) is 21.6. The number of fused-ring (bicyclic) bond motifs is 1. The van der Waals surface area contributed by atoms with Crippen LogP contribution in [0.4, 0.5) is 10.1 Å². The molecule has 1 heterocycles. The third-order valence-electron chi connectivity index (χ3n) is 7.60. The number of rotatable bonds is 6. The number of nitriles is 1. The summed E-state index contributed by atoms with van der Waals surface area (Å²) in [6, 6.07) is 30.7. The number of halogens is 1. The van der Waals surface area contributed by atoms with Crippen molar-refractivity contribution in [3.8, 4) is 11.8 Å². The predicted molar refractivity (Wildman–Crippen MR) is 148 cm³/mol. The van der Waals surface area contributed by atoms with Crippen molar-refractivity contribution in [1.29, 1.82) is 5.26 Å². The molecule has 1 aliphatic heterocycles. The van der Waals surface area contributed by atoms with Gasteiger partial charge < -0.3 is 14.5 Å². The van der Waals surface area contributed by atoms with E-state index in [0.717, 1.165) is 21.9 Å². The maximum atomic E-state index is 14.4. The molecule has 0 N–H and O–H groups in total. The lowest BCUT2D eigenvalue weighted by Gasteiger charge is -2.41. The van der Waals surface area contributed by atoms with Crippen LogP contribution in [-0.2, 0) is 4.79 Å². The number of piperazine rings is 1. The van der Waals surface area contributed by atoms with Gasteiger partial charge in [-0.3, -0.25) is 4.79 Å². The molecule has 38 heavy (non-hydrogen) atoms. The maximum absolute atomic E-state index is 14.4. The summed E-state index contributed by atoms with van der Waals surface area (Å²) in [5, 5.41) is 12.7. The molecule has 1 fully saturated rings. The summed E-state index contributed by atoms with van der Waals surface area (Å²) in [5.41, 5.74) is 0.799. The first kappa shape index (κ1) is 25.3.